The minimum Gasteiger partial charge on any atom is -0.480 e. The molecule has 110 valence electrons. The molecule has 0 saturated carbocycles. The number of urea groups is 1. The van der Waals surface area contributed by atoms with E-state index in [1.807, 2.05) is 0 Å². The normalized spacial score (nSPS) is 11.7. The number of amides is 3. The van der Waals surface area contributed by atoms with E-state index in [0.29, 0.717) is 0 Å². The van der Waals surface area contributed by atoms with Gasteiger partial charge in [0.25, 0.3) is 0 Å². The van der Waals surface area contributed by atoms with Crippen molar-refractivity contribution >= 4 is 17.9 Å². The van der Waals surface area contributed by atoms with E-state index in [4.69, 9.17) is 10.8 Å². The summed E-state index contributed by atoms with van der Waals surface area (Å²) in [6, 6.07) is -1.80. The zero-order chi connectivity index (χ0) is 15.1. The number of hydrogen-bond donors (Lipinski definition) is 5. The largest absolute Gasteiger partial charge is 0.480 e. The average Bonchev–Trinajstić information content (AvgIpc) is 2.77. The van der Waals surface area contributed by atoms with Gasteiger partial charge in [-0.25, -0.2) is 9.59 Å². The van der Waals surface area contributed by atoms with Crippen LogP contribution in [0.5, 0.6) is 0 Å². The molecule has 1 rings (SSSR count). The number of nitrogens with one attached hydrogen (secondary N) is 3. The van der Waals surface area contributed by atoms with Crippen LogP contribution < -0.4 is 16.4 Å². The van der Waals surface area contributed by atoms with Crippen molar-refractivity contribution < 1.29 is 19.5 Å². The van der Waals surface area contributed by atoms with Gasteiger partial charge in [-0.1, -0.05) is 0 Å². The summed E-state index contributed by atoms with van der Waals surface area (Å²) in [5, 5.41) is 20.2. The number of primary amides is 1. The van der Waals surface area contributed by atoms with E-state index in [1.54, 1.807) is 13.1 Å². The molecule has 1 heterocycles. The number of aromatic nitrogens is 2. The molecule has 0 aliphatic carbocycles. The Morgan fingerprint density at radius 3 is 2.70 bits per heavy atom. The lowest BCUT2D eigenvalue weighted by molar-refractivity contribution is -0.139. The summed E-state index contributed by atoms with van der Waals surface area (Å²) in [5.74, 6) is -1.84. The number of hydrogen-bond acceptors (Lipinski definition) is 4. The molecule has 0 radical (unpaired) electrons. The second-order valence-electron chi connectivity index (χ2n) is 4.24. The third-order valence-electron chi connectivity index (χ3n) is 2.66. The van der Waals surface area contributed by atoms with Crippen LogP contribution in [0.3, 0.4) is 0 Å². The van der Waals surface area contributed by atoms with E-state index in [2.05, 4.69) is 20.8 Å². The number of carbonyl (C=O) groups is 3. The molecule has 0 fully saturated rings. The van der Waals surface area contributed by atoms with Gasteiger partial charge in [0.05, 0.1) is 6.20 Å². The maximum absolute atomic E-state index is 11.6. The fourth-order valence-electron chi connectivity index (χ4n) is 1.48. The van der Waals surface area contributed by atoms with E-state index < -0.39 is 23.9 Å². The monoisotopic (exact) mass is 283 g/mol. The molecule has 6 N–H and O–H groups in total. The zero-order valence-electron chi connectivity index (χ0n) is 11.0. The van der Waals surface area contributed by atoms with Crippen molar-refractivity contribution in [1.82, 2.24) is 20.8 Å². The molecular formula is C11H17N5O4. The van der Waals surface area contributed by atoms with Gasteiger partial charge in [-0.3, -0.25) is 9.89 Å². The van der Waals surface area contributed by atoms with Gasteiger partial charge in [-0.05, 0) is 13.3 Å². The Bertz CT molecular complexity index is 499. The van der Waals surface area contributed by atoms with Crippen LogP contribution >= 0.6 is 0 Å². The van der Waals surface area contributed by atoms with Gasteiger partial charge < -0.3 is 21.5 Å². The molecular weight excluding hydrogens is 266 g/mol. The molecule has 1 aromatic rings. The Labute approximate surface area is 114 Å². The molecule has 1 atom stereocenters. The summed E-state index contributed by atoms with van der Waals surface area (Å²) in [7, 11) is 0. The van der Waals surface area contributed by atoms with E-state index in [1.165, 1.54) is 0 Å². The van der Waals surface area contributed by atoms with Crippen molar-refractivity contribution in [3.8, 4) is 0 Å². The zero-order valence-corrected chi connectivity index (χ0v) is 11.0. The number of carboxylic acids is 1. The molecule has 9 heteroatoms. The van der Waals surface area contributed by atoms with Crippen LogP contribution in [0.15, 0.2) is 6.20 Å². The van der Waals surface area contributed by atoms with Gasteiger partial charge in [0.1, 0.15) is 6.04 Å². The molecule has 0 spiro atoms. The number of aliphatic carboxylic acids is 1. The van der Waals surface area contributed by atoms with Crippen LogP contribution in [0.25, 0.3) is 0 Å². The smallest absolute Gasteiger partial charge is 0.326 e. The fourth-order valence-corrected chi connectivity index (χ4v) is 1.48. The highest BCUT2D eigenvalue weighted by atomic mass is 16.4. The summed E-state index contributed by atoms with van der Waals surface area (Å²) < 4.78 is 0. The molecule has 0 aliphatic heterocycles. The van der Waals surface area contributed by atoms with Gasteiger partial charge in [0, 0.05) is 24.2 Å². The van der Waals surface area contributed by atoms with Gasteiger partial charge in [0.15, 0.2) is 0 Å². The van der Waals surface area contributed by atoms with Crippen molar-refractivity contribution in [2.24, 2.45) is 5.73 Å². The van der Waals surface area contributed by atoms with Gasteiger partial charge >= 0.3 is 12.0 Å². The Morgan fingerprint density at radius 1 is 1.50 bits per heavy atom. The Morgan fingerprint density at radius 2 is 2.20 bits per heavy atom. The SMILES string of the molecule is Cc1[nH]ncc1CNC(=O)NC(CCC(N)=O)C(=O)O. The van der Waals surface area contributed by atoms with Crippen LogP contribution in [0.1, 0.15) is 24.1 Å². The molecule has 1 aromatic heterocycles. The molecule has 0 aliphatic rings. The van der Waals surface area contributed by atoms with Crippen LogP contribution in [0.4, 0.5) is 4.79 Å². The fraction of sp³-hybridized carbons (Fsp3) is 0.455. The number of nitrogens with zero attached hydrogens (tertiary/aromatic N) is 1. The molecule has 1 unspecified atom stereocenters. The van der Waals surface area contributed by atoms with Crippen molar-refractivity contribution in [3.05, 3.63) is 17.5 Å². The molecule has 0 bridgehead atoms. The summed E-state index contributed by atoms with van der Waals surface area (Å²) in [6.07, 6.45) is 1.40. The number of nitrogens with two attached hydrogens (primary N) is 1. The van der Waals surface area contributed by atoms with E-state index in [-0.39, 0.29) is 19.4 Å². The van der Waals surface area contributed by atoms with Gasteiger partial charge in [-0.2, -0.15) is 5.10 Å². The van der Waals surface area contributed by atoms with Crippen molar-refractivity contribution in [1.29, 1.82) is 0 Å². The number of carboxylic acid groups (broad SMARTS) is 1. The van der Waals surface area contributed by atoms with Crippen LogP contribution in [-0.2, 0) is 16.1 Å². The number of aryl methyl sites for hydroxylation is 1. The highest BCUT2D eigenvalue weighted by Crippen LogP contribution is 2.01. The number of aromatic amines is 1. The maximum atomic E-state index is 11.6. The van der Waals surface area contributed by atoms with Gasteiger partial charge in [-0.15, -0.1) is 0 Å². The van der Waals surface area contributed by atoms with Crippen molar-refractivity contribution in [2.45, 2.75) is 32.4 Å². The molecule has 0 aromatic carbocycles. The second kappa shape index (κ2) is 7.12. The van der Waals surface area contributed by atoms with Crippen LogP contribution in [-0.4, -0.2) is 39.3 Å². The first-order chi connectivity index (χ1) is 9.40. The van der Waals surface area contributed by atoms with E-state index in [9.17, 15) is 14.4 Å². The standard InChI is InChI=1S/C11H17N5O4/c1-6-7(5-14-16-6)4-13-11(20)15-8(10(18)19)2-3-9(12)17/h5,8H,2-4H2,1H3,(H2,12,17)(H,14,16)(H,18,19)(H2,13,15,20). The Hall–Kier alpha value is -2.58. The topological polar surface area (TPSA) is 150 Å². The summed E-state index contributed by atoms with van der Waals surface area (Å²) >= 11 is 0. The van der Waals surface area contributed by atoms with Crippen molar-refractivity contribution in [3.63, 3.8) is 0 Å². The predicted molar refractivity (Wildman–Crippen MR) is 68.5 cm³/mol. The summed E-state index contributed by atoms with van der Waals surface area (Å²) in [6.45, 7) is 2.02. The van der Waals surface area contributed by atoms with E-state index in [0.717, 1.165) is 11.3 Å². The lowest BCUT2D eigenvalue weighted by Crippen LogP contribution is -2.46. The highest BCUT2D eigenvalue weighted by molar-refractivity contribution is 5.83. The first kappa shape index (κ1) is 15.5. The molecule has 3 amide bonds. The Balaban J connectivity index is 2.43. The number of H-pyrrole nitrogens is 1. The first-order valence-corrected chi connectivity index (χ1v) is 5.94. The number of rotatable bonds is 7. The predicted octanol–water partition coefficient (Wildman–Crippen LogP) is -0.764. The lowest BCUT2D eigenvalue weighted by atomic mass is 10.1. The molecule has 20 heavy (non-hydrogen) atoms. The van der Waals surface area contributed by atoms with Crippen molar-refractivity contribution in [2.75, 3.05) is 0 Å². The quantitative estimate of drug-likeness (QED) is 0.445. The number of carbonyl (C=O) groups excluding carboxylic acids is 2. The summed E-state index contributed by atoms with van der Waals surface area (Å²) in [5.41, 5.74) is 6.55. The van der Waals surface area contributed by atoms with Crippen LogP contribution in [0, 0.1) is 6.92 Å². The lowest BCUT2D eigenvalue weighted by Gasteiger charge is -2.14. The minimum atomic E-state index is -1.22. The third kappa shape index (κ3) is 4.96. The second-order valence-corrected chi connectivity index (χ2v) is 4.24. The average molecular weight is 283 g/mol. The van der Waals surface area contributed by atoms with Crippen LogP contribution in [0.2, 0.25) is 0 Å². The van der Waals surface area contributed by atoms with Gasteiger partial charge in [0.2, 0.25) is 5.91 Å². The molecule has 9 nitrogen and oxygen atoms in total. The molecule has 0 saturated heterocycles. The third-order valence-corrected chi connectivity index (χ3v) is 2.66. The first-order valence-electron chi connectivity index (χ1n) is 5.94. The maximum Gasteiger partial charge on any atom is 0.326 e. The summed E-state index contributed by atoms with van der Waals surface area (Å²) in [4.78, 5) is 33.1. The Kier molecular flexibility index (Phi) is 5.51. The highest BCUT2D eigenvalue weighted by Gasteiger charge is 2.20. The van der Waals surface area contributed by atoms with E-state index >= 15 is 0 Å². The minimum absolute atomic E-state index is 0.0528.